The van der Waals surface area contributed by atoms with Gasteiger partial charge >= 0.3 is 0 Å². The number of hydrogen-bond donors (Lipinski definition) is 0. The highest BCUT2D eigenvalue weighted by atomic mass is 32.1. The monoisotopic (exact) mass is 347 g/mol. The second-order valence-electron chi connectivity index (χ2n) is 5.94. The Balaban J connectivity index is 1.73. The Bertz CT molecular complexity index is 738. The summed E-state index contributed by atoms with van der Waals surface area (Å²) in [5, 5.41) is 2.07. The number of nitrogens with zero attached hydrogens (tertiary/aromatic N) is 1. The van der Waals surface area contributed by atoms with Crippen LogP contribution in [0.2, 0.25) is 0 Å². The van der Waals surface area contributed by atoms with Crippen molar-refractivity contribution in [2.75, 3.05) is 13.7 Å². The summed E-state index contributed by atoms with van der Waals surface area (Å²) in [7, 11) is 1.40. The molecule has 1 aliphatic heterocycles. The highest BCUT2D eigenvalue weighted by molar-refractivity contribution is 7.09. The van der Waals surface area contributed by atoms with E-state index < -0.39 is 0 Å². The molecular weight excluding hydrogens is 326 g/mol. The van der Waals surface area contributed by atoms with E-state index in [0.29, 0.717) is 6.54 Å². The van der Waals surface area contributed by atoms with E-state index in [1.54, 1.807) is 11.3 Å². The van der Waals surface area contributed by atoms with Crippen LogP contribution in [-0.4, -0.2) is 30.5 Å². The van der Waals surface area contributed by atoms with E-state index in [2.05, 4.69) is 17.5 Å². The van der Waals surface area contributed by atoms with Gasteiger partial charge < -0.3 is 14.1 Å². The lowest BCUT2D eigenvalue weighted by Crippen LogP contribution is -2.44. The minimum absolute atomic E-state index is 0.0869. The average Bonchev–Trinajstić information content (AvgIpc) is 3.13. The number of methoxy groups -OCH3 is 1. The minimum atomic E-state index is -0.334. The van der Waals surface area contributed by atoms with Crippen LogP contribution in [0.15, 0.2) is 39.1 Å². The molecule has 1 saturated heterocycles. The maximum atomic E-state index is 12.8. The van der Waals surface area contributed by atoms with Crippen LogP contribution in [0.5, 0.6) is 5.75 Å². The largest absolute Gasteiger partial charge is 0.490 e. The number of thiophene rings is 1. The summed E-state index contributed by atoms with van der Waals surface area (Å²) in [6, 6.07) is 5.60. The molecule has 6 heteroatoms. The van der Waals surface area contributed by atoms with Crippen molar-refractivity contribution in [1.82, 2.24) is 4.90 Å². The average molecular weight is 347 g/mol. The highest BCUT2D eigenvalue weighted by Crippen LogP contribution is 2.24. The smallest absolute Gasteiger partial charge is 0.289 e. The summed E-state index contributed by atoms with van der Waals surface area (Å²) in [6.07, 6.45) is 6.23. The Labute approximate surface area is 144 Å². The first-order valence-corrected chi connectivity index (χ1v) is 9.07. The molecule has 0 spiro atoms. The van der Waals surface area contributed by atoms with Crippen LogP contribution < -0.4 is 10.2 Å². The van der Waals surface area contributed by atoms with Crippen molar-refractivity contribution in [3.63, 3.8) is 0 Å². The van der Waals surface area contributed by atoms with Gasteiger partial charge in [0, 0.05) is 23.5 Å². The van der Waals surface area contributed by atoms with Crippen molar-refractivity contribution in [1.29, 1.82) is 0 Å². The number of hydrogen-bond acceptors (Lipinski definition) is 5. The highest BCUT2D eigenvalue weighted by Gasteiger charge is 2.29. The number of carbonyl (C=O) groups excluding carboxylic acids is 1. The lowest BCUT2D eigenvalue weighted by molar-refractivity contribution is 0.0566. The van der Waals surface area contributed by atoms with Crippen molar-refractivity contribution < 1.29 is 13.9 Å². The summed E-state index contributed by atoms with van der Waals surface area (Å²) in [5.41, 5.74) is -0.334. The molecule has 24 heavy (non-hydrogen) atoms. The van der Waals surface area contributed by atoms with Gasteiger partial charge in [0.15, 0.2) is 5.76 Å². The van der Waals surface area contributed by atoms with Gasteiger partial charge in [-0.2, -0.15) is 0 Å². The molecule has 1 aliphatic rings. The van der Waals surface area contributed by atoms with Crippen molar-refractivity contribution >= 4 is 17.2 Å². The third-order valence-electron chi connectivity index (χ3n) is 4.42. The van der Waals surface area contributed by atoms with Crippen LogP contribution in [-0.2, 0) is 6.42 Å². The summed E-state index contributed by atoms with van der Waals surface area (Å²) in [6.45, 7) is 0.712. The van der Waals surface area contributed by atoms with Crippen molar-refractivity contribution in [2.45, 2.75) is 38.1 Å². The van der Waals surface area contributed by atoms with Crippen LogP contribution in [0.25, 0.3) is 0 Å². The molecule has 3 heterocycles. The Morgan fingerprint density at radius 2 is 2.33 bits per heavy atom. The molecule has 0 radical (unpaired) electrons. The fraction of sp³-hybridized carbons (Fsp3) is 0.444. The first-order valence-electron chi connectivity index (χ1n) is 8.19. The summed E-state index contributed by atoms with van der Waals surface area (Å²) in [4.78, 5) is 27.8. The van der Waals surface area contributed by atoms with Gasteiger partial charge in [0.1, 0.15) is 6.26 Å². The molecular formula is C18H21NO4S. The van der Waals surface area contributed by atoms with Crippen molar-refractivity contribution in [3.8, 4) is 5.75 Å². The van der Waals surface area contributed by atoms with Crippen molar-refractivity contribution in [2.24, 2.45) is 0 Å². The molecule has 1 atom stereocenters. The fourth-order valence-electron chi connectivity index (χ4n) is 3.13. The second-order valence-corrected chi connectivity index (χ2v) is 6.98. The number of aryl methyl sites for hydroxylation is 1. The summed E-state index contributed by atoms with van der Waals surface area (Å²) >= 11 is 1.75. The van der Waals surface area contributed by atoms with E-state index in [0.717, 1.165) is 32.1 Å². The number of ether oxygens (including phenoxy) is 1. The van der Waals surface area contributed by atoms with Gasteiger partial charge in [0.2, 0.25) is 11.2 Å². The van der Waals surface area contributed by atoms with E-state index in [9.17, 15) is 9.59 Å². The lowest BCUT2D eigenvalue weighted by Gasteiger charge is -2.35. The molecule has 0 aliphatic carbocycles. The van der Waals surface area contributed by atoms with E-state index in [4.69, 9.17) is 9.15 Å². The molecule has 3 rings (SSSR count). The predicted octanol–water partition coefficient (Wildman–Crippen LogP) is 3.34. The van der Waals surface area contributed by atoms with Gasteiger partial charge in [-0.15, -0.1) is 11.3 Å². The predicted molar refractivity (Wildman–Crippen MR) is 92.8 cm³/mol. The molecule has 0 unspecified atom stereocenters. The molecule has 1 fully saturated rings. The number of piperidine rings is 1. The molecule has 5 nitrogen and oxygen atoms in total. The van der Waals surface area contributed by atoms with E-state index in [-0.39, 0.29) is 28.9 Å². The molecule has 2 aromatic rings. The van der Waals surface area contributed by atoms with Crippen LogP contribution in [0.3, 0.4) is 0 Å². The number of likely N-dealkylation sites (tertiary alicyclic amines) is 1. The van der Waals surface area contributed by atoms with Crippen LogP contribution >= 0.6 is 11.3 Å². The third-order valence-corrected chi connectivity index (χ3v) is 5.36. The van der Waals surface area contributed by atoms with E-state index in [1.807, 2.05) is 4.90 Å². The van der Waals surface area contributed by atoms with Gasteiger partial charge in [-0.3, -0.25) is 9.59 Å². The standard InChI is InChI=1S/C18H21NO4S/c1-22-17-12-23-16(11-15(17)20)18(21)19-9-3-2-5-13(19)7-8-14-6-4-10-24-14/h4,6,10-13H,2-3,5,7-9H2,1H3/t13-/m0/s1. The second kappa shape index (κ2) is 7.66. The maximum absolute atomic E-state index is 12.8. The fourth-order valence-corrected chi connectivity index (χ4v) is 3.86. The zero-order valence-corrected chi connectivity index (χ0v) is 14.5. The molecule has 1 amide bonds. The van der Waals surface area contributed by atoms with Crippen LogP contribution in [0.4, 0.5) is 0 Å². The molecule has 0 bridgehead atoms. The molecule has 0 saturated carbocycles. The van der Waals surface area contributed by atoms with Gasteiger partial charge in [0.05, 0.1) is 7.11 Å². The molecule has 2 aromatic heterocycles. The Hall–Kier alpha value is -2.08. The topological polar surface area (TPSA) is 59.8 Å². The SMILES string of the molecule is COc1coc(C(=O)N2CCCC[C@H]2CCc2cccs2)cc1=O. The first kappa shape index (κ1) is 16.8. The van der Waals surface area contributed by atoms with Gasteiger partial charge in [-0.1, -0.05) is 6.07 Å². The summed E-state index contributed by atoms with van der Waals surface area (Å²) in [5.74, 6) is -0.00565. The van der Waals surface area contributed by atoms with E-state index in [1.165, 1.54) is 24.3 Å². The zero-order chi connectivity index (χ0) is 16.9. The normalized spacial score (nSPS) is 17.7. The van der Waals surface area contributed by atoms with Gasteiger partial charge in [-0.05, 0) is 43.6 Å². The first-order chi connectivity index (χ1) is 11.7. The zero-order valence-electron chi connectivity index (χ0n) is 13.7. The Morgan fingerprint density at radius 3 is 3.04 bits per heavy atom. The lowest BCUT2D eigenvalue weighted by atomic mass is 9.97. The molecule has 128 valence electrons. The third kappa shape index (κ3) is 3.70. The van der Waals surface area contributed by atoms with Gasteiger partial charge in [0.25, 0.3) is 5.91 Å². The maximum Gasteiger partial charge on any atom is 0.289 e. The molecule has 0 aromatic carbocycles. The minimum Gasteiger partial charge on any atom is -0.490 e. The van der Waals surface area contributed by atoms with E-state index >= 15 is 0 Å². The number of carbonyl (C=O) groups is 1. The summed E-state index contributed by atoms with van der Waals surface area (Å²) < 4.78 is 10.2. The number of amides is 1. The van der Waals surface area contributed by atoms with Crippen LogP contribution in [0, 0.1) is 0 Å². The molecule has 0 N–H and O–H groups in total. The number of rotatable bonds is 5. The Morgan fingerprint density at radius 1 is 1.46 bits per heavy atom. The Kier molecular flexibility index (Phi) is 5.35. The van der Waals surface area contributed by atoms with Crippen molar-refractivity contribution in [3.05, 3.63) is 50.7 Å². The van der Waals surface area contributed by atoms with Gasteiger partial charge in [-0.25, -0.2) is 0 Å². The van der Waals surface area contributed by atoms with Crippen LogP contribution in [0.1, 0.15) is 41.1 Å². The quantitative estimate of drug-likeness (QED) is 0.832.